The fraction of sp³-hybridized carbons (Fsp3) is 0.429. The first-order valence-corrected chi connectivity index (χ1v) is 6.62. The number of aromatic nitrogens is 2. The van der Waals surface area contributed by atoms with E-state index in [1.807, 2.05) is 7.05 Å². The molecule has 0 bridgehead atoms. The van der Waals surface area contributed by atoms with Gasteiger partial charge in [-0.25, -0.2) is 9.37 Å². The molecule has 3 rings (SSSR count). The molecule has 1 aliphatic heterocycles. The van der Waals surface area contributed by atoms with Crippen molar-refractivity contribution in [2.45, 2.75) is 25.3 Å². The summed E-state index contributed by atoms with van der Waals surface area (Å²) in [6, 6.07) is 2.48. The predicted octanol–water partition coefficient (Wildman–Crippen LogP) is 1.74. The molecule has 1 aromatic carbocycles. The van der Waals surface area contributed by atoms with Crippen LogP contribution in [0.3, 0.4) is 0 Å². The number of carbonyl (C=O) groups excluding carboxylic acids is 1. The zero-order chi connectivity index (χ0) is 14.5. The van der Waals surface area contributed by atoms with E-state index in [0.29, 0.717) is 11.0 Å². The molecule has 0 spiro atoms. The van der Waals surface area contributed by atoms with Crippen molar-refractivity contribution in [1.29, 1.82) is 0 Å². The molecule has 2 aromatic rings. The van der Waals surface area contributed by atoms with Crippen molar-refractivity contribution in [1.82, 2.24) is 14.9 Å². The molecule has 1 fully saturated rings. The van der Waals surface area contributed by atoms with Crippen molar-refractivity contribution in [3.63, 3.8) is 0 Å². The van der Waals surface area contributed by atoms with Gasteiger partial charge in [-0.1, -0.05) is 0 Å². The molecule has 1 saturated heterocycles. The minimum Gasteiger partial charge on any atom is -0.366 e. The summed E-state index contributed by atoms with van der Waals surface area (Å²) in [5, 5.41) is 0. The average molecular weight is 276 g/mol. The number of nitrogens with one attached hydrogen (secondary N) is 1. The zero-order valence-electron chi connectivity index (χ0n) is 11.5. The van der Waals surface area contributed by atoms with Gasteiger partial charge in [0.1, 0.15) is 17.2 Å². The molecule has 1 aromatic heterocycles. The van der Waals surface area contributed by atoms with Crippen LogP contribution < -0.4 is 5.73 Å². The number of likely N-dealkylation sites (tertiary alicyclic amines) is 1. The highest BCUT2D eigenvalue weighted by molar-refractivity contribution is 6.04. The summed E-state index contributed by atoms with van der Waals surface area (Å²) in [5.41, 5.74) is 6.15. The van der Waals surface area contributed by atoms with E-state index in [4.69, 9.17) is 5.73 Å². The predicted molar refractivity (Wildman–Crippen MR) is 73.8 cm³/mol. The van der Waals surface area contributed by atoms with Crippen LogP contribution in [0.5, 0.6) is 0 Å². The highest BCUT2D eigenvalue weighted by Crippen LogP contribution is 2.36. The van der Waals surface area contributed by atoms with Gasteiger partial charge in [0.15, 0.2) is 0 Å². The minimum atomic E-state index is -0.669. The second-order valence-electron chi connectivity index (χ2n) is 5.60. The zero-order valence-corrected chi connectivity index (χ0v) is 11.5. The summed E-state index contributed by atoms with van der Waals surface area (Å²) < 4.78 is 13.6. The summed E-state index contributed by atoms with van der Waals surface area (Å²) in [6.07, 6.45) is 2.05. The Kier molecular flexibility index (Phi) is 2.79. The van der Waals surface area contributed by atoms with Gasteiger partial charge >= 0.3 is 0 Å². The molecule has 106 valence electrons. The maximum absolute atomic E-state index is 13.6. The first-order valence-electron chi connectivity index (χ1n) is 6.62. The fourth-order valence-corrected chi connectivity index (χ4v) is 2.92. The van der Waals surface area contributed by atoms with Gasteiger partial charge < -0.3 is 10.7 Å². The van der Waals surface area contributed by atoms with Crippen LogP contribution in [0.4, 0.5) is 4.39 Å². The van der Waals surface area contributed by atoms with E-state index >= 15 is 0 Å². The maximum Gasteiger partial charge on any atom is 0.251 e. The van der Waals surface area contributed by atoms with Crippen LogP contribution in [0.2, 0.25) is 0 Å². The van der Waals surface area contributed by atoms with E-state index in [1.165, 1.54) is 6.07 Å². The number of benzene rings is 1. The molecule has 6 heteroatoms. The van der Waals surface area contributed by atoms with Gasteiger partial charge in [-0.15, -0.1) is 0 Å². The van der Waals surface area contributed by atoms with Crippen LogP contribution in [0, 0.1) is 5.82 Å². The topological polar surface area (TPSA) is 75.0 Å². The van der Waals surface area contributed by atoms with Crippen molar-refractivity contribution in [2.75, 3.05) is 13.6 Å². The van der Waals surface area contributed by atoms with E-state index in [-0.39, 0.29) is 11.1 Å². The van der Waals surface area contributed by atoms with Crippen molar-refractivity contribution in [3.8, 4) is 0 Å². The van der Waals surface area contributed by atoms with Gasteiger partial charge in [0.2, 0.25) is 0 Å². The quantitative estimate of drug-likeness (QED) is 0.877. The number of nitrogens with two attached hydrogens (primary N) is 1. The van der Waals surface area contributed by atoms with Gasteiger partial charge in [0.25, 0.3) is 5.91 Å². The second-order valence-corrected chi connectivity index (χ2v) is 5.60. The van der Waals surface area contributed by atoms with Crippen LogP contribution in [0.1, 0.15) is 35.9 Å². The second kappa shape index (κ2) is 4.28. The van der Waals surface area contributed by atoms with Gasteiger partial charge in [-0.3, -0.25) is 9.69 Å². The van der Waals surface area contributed by atoms with Gasteiger partial charge in [-0.2, -0.15) is 0 Å². The molecule has 1 atom stereocenters. The Morgan fingerprint density at radius 1 is 1.55 bits per heavy atom. The number of imidazole rings is 1. The van der Waals surface area contributed by atoms with E-state index in [1.54, 1.807) is 0 Å². The molecular formula is C14H17FN4O. The lowest BCUT2D eigenvalue weighted by Gasteiger charge is -2.29. The lowest BCUT2D eigenvalue weighted by atomic mass is 9.98. The Balaban J connectivity index is 2.20. The number of aromatic amines is 1. The van der Waals surface area contributed by atoms with E-state index in [2.05, 4.69) is 21.8 Å². The number of hydrogen-bond acceptors (Lipinski definition) is 3. The van der Waals surface area contributed by atoms with Crippen LogP contribution in [0.25, 0.3) is 11.0 Å². The SMILES string of the molecule is CN1CCC[C@@]1(C)c1nc2c(C(N)=O)cc(F)cc2[nH]1. The highest BCUT2D eigenvalue weighted by atomic mass is 19.1. The van der Waals surface area contributed by atoms with E-state index in [0.717, 1.165) is 31.3 Å². The van der Waals surface area contributed by atoms with E-state index < -0.39 is 11.7 Å². The smallest absolute Gasteiger partial charge is 0.251 e. The number of primary amides is 1. The van der Waals surface area contributed by atoms with Crippen LogP contribution in [-0.2, 0) is 5.54 Å². The van der Waals surface area contributed by atoms with Crippen molar-refractivity contribution < 1.29 is 9.18 Å². The Labute approximate surface area is 116 Å². The standard InChI is InChI=1S/C14H17FN4O/c1-14(4-3-5-19(14)2)13-17-10-7-8(15)6-9(12(16)20)11(10)18-13/h6-7H,3-5H2,1-2H3,(H2,16,20)(H,17,18)/t14-/m0/s1. The molecular weight excluding hydrogens is 259 g/mol. The Bertz CT molecular complexity index is 696. The fourth-order valence-electron chi connectivity index (χ4n) is 2.92. The summed E-state index contributed by atoms with van der Waals surface area (Å²) in [6.45, 7) is 3.09. The third-order valence-corrected chi connectivity index (χ3v) is 4.33. The first-order chi connectivity index (χ1) is 9.41. The Morgan fingerprint density at radius 3 is 2.90 bits per heavy atom. The Morgan fingerprint density at radius 2 is 2.30 bits per heavy atom. The van der Waals surface area contributed by atoms with Gasteiger partial charge in [0, 0.05) is 0 Å². The van der Waals surface area contributed by atoms with Crippen LogP contribution in [0.15, 0.2) is 12.1 Å². The normalized spacial score (nSPS) is 23.6. The average Bonchev–Trinajstić information content (AvgIpc) is 2.94. The number of H-pyrrole nitrogens is 1. The number of carbonyl (C=O) groups is 1. The lowest BCUT2D eigenvalue weighted by Crippen LogP contribution is -2.36. The Hall–Kier alpha value is -1.95. The van der Waals surface area contributed by atoms with Crippen molar-refractivity contribution in [2.24, 2.45) is 5.73 Å². The van der Waals surface area contributed by atoms with Gasteiger partial charge in [-0.05, 0) is 45.5 Å². The largest absolute Gasteiger partial charge is 0.366 e. The molecule has 20 heavy (non-hydrogen) atoms. The van der Waals surface area contributed by atoms with Crippen LogP contribution >= 0.6 is 0 Å². The monoisotopic (exact) mass is 276 g/mol. The third kappa shape index (κ3) is 1.79. The summed E-state index contributed by atoms with van der Waals surface area (Å²) in [4.78, 5) is 21.3. The molecule has 2 heterocycles. The number of halogens is 1. The number of hydrogen-bond donors (Lipinski definition) is 2. The lowest BCUT2D eigenvalue weighted by molar-refractivity contribution is 0.100. The van der Waals surface area contributed by atoms with Crippen molar-refractivity contribution >= 4 is 16.9 Å². The van der Waals surface area contributed by atoms with E-state index in [9.17, 15) is 9.18 Å². The molecule has 0 aliphatic carbocycles. The molecule has 1 amide bonds. The summed E-state index contributed by atoms with van der Waals surface area (Å²) in [7, 11) is 2.04. The summed E-state index contributed by atoms with van der Waals surface area (Å²) >= 11 is 0. The third-order valence-electron chi connectivity index (χ3n) is 4.33. The highest BCUT2D eigenvalue weighted by Gasteiger charge is 2.38. The number of rotatable bonds is 2. The van der Waals surface area contributed by atoms with Crippen molar-refractivity contribution in [3.05, 3.63) is 29.3 Å². The van der Waals surface area contributed by atoms with Gasteiger partial charge in [0.05, 0.1) is 16.6 Å². The first kappa shape index (κ1) is 13.1. The molecule has 0 radical (unpaired) electrons. The molecule has 5 nitrogen and oxygen atoms in total. The number of amides is 1. The molecule has 3 N–H and O–H groups in total. The minimum absolute atomic E-state index is 0.117. The number of nitrogens with zero attached hydrogens (tertiary/aromatic N) is 2. The maximum atomic E-state index is 13.6. The van der Waals surface area contributed by atoms with Crippen LogP contribution in [-0.4, -0.2) is 34.4 Å². The molecule has 0 saturated carbocycles. The summed E-state index contributed by atoms with van der Waals surface area (Å²) in [5.74, 6) is -0.412. The number of fused-ring (bicyclic) bond motifs is 1. The molecule has 1 aliphatic rings. The molecule has 0 unspecified atom stereocenters.